The molecule has 2 atom stereocenters. The number of benzene rings is 1. The summed E-state index contributed by atoms with van der Waals surface area (Å²) in [5, 5.41) is 13.6. The van der Waals surface area contributed by atoms with Gasteiger partial charge >= 0.3 is 5.97 Å². The van der Waals surface area contributed by atoms with Gasteiger partial charge in [0.25, 0.3) is 5.91 Å². The molecular weight excluding hydrogens is 302 g/mol. The zero-order chi connectivity index (χ0) is 15.9. The molecule has 2 rings (SSSR count). The molecule has 0 saturated heterocycles. The van der Waals surface area contributed by atoms with Gasteiger partial charge in [-0.15, -0.1) is 11.3 Å². The van der Waals surface area contributed by atoms with Crippen LogP contribution in [0.2, 0.25) is 0 Å². The van der Waals surface area contributed by atoms with Crippen LogP contribution >= 0.6 is 11.3 Å². The van der Waals surface area contributed by atoms with Gasteiger partial charge in [-0.2, -0.15) is 0 Å². The maximum atomic E-state index is 12.2. The Morgan fingerprint density at radius 1 is 1.23 bits per heavy atom. The molecule has 0 fully saturated rings. The first-order valence-electron chi connectivity index (χ1n) is 6.83. The summed E-state index contributed by atoms with van der Waals surface area (Å²) in [4.78, 5) is 24.0. The molecule has 22 heavy (non-hydrogen) atoms. The lowest BCUT2D eigenvalue weighted by molar-refractivity contribution is -0.138. The van der Waals surface area contributed by atoms with Crippen LogP contribution in [-0.4, -0.2) is 23.1 Å². The molecule has 1 heterocycles. The van der Waals surface area contributed by atoms with Crippen molar-refractivity contribution in [2.24, 2.45) is 0 Å². The van der Waals surface area contributed by atoms with Crippen LogP contribution in [0.25, 0.3) is 0 Å². The summed E-state index contributed by atoms with van der Waals surface area (Å²) in [5.74, 6) is -0.713. The van der Waals surface area contributed by atoms with Gasteiger partial charge in [-0.3, -0.25) is 9.59 Å². The number of carboxylic acids is 1. The van der Waals surface area contributed by atoms with Gasteiger partial charge in [0, 0.05) is 4.88 Å². The fourth-order valence-corrected chi connectivity index (χ4v) is 2.71. The molecule has 116 valence electrons. The summed E-state index contributed by atoms with van der Waals surface area (Å²) in [6, 6.07) is 12.1. The second kappa shape index (κ2) is 7.61. The molecule has 1 aromatic heterocycles. The number of para-hydroxylation sites is 1. The molecule has 2 N–H and O–H groups in total. The SMILES string of the molecule is C[C@@H](Oc1ccccc1)C(=O)N[C@H](CC(=O)O)c1cccs1. The van der Waals surface area contributed by atoms with Gasteiger partial charge < -0.3 is 15.2 Å². The van der Waals surface area contributed by atoms with E-state index in [1.54, 1.807) is 25.1 Å². The van der Waals surface area contributed by atoms with Gasteiger partial charge in [-0.25, -0.2) is 0 Å². The first-order valence-corrected chi connectivity index (χ1v) is 7.71. The molecule has 0 unspecified atom stereocenters. The minimum Gasteiger partial charge on any atom is -0.481 e. The number of amides is 1. The number of carbonyl (C=O) groups excluding carboxylic acids is 1. The lowest BCUT2D eigenvalue weighted by Gasteiger charge is -2.19. The lowest BCUT2D eigenvalue weighted by atomic mass is 10.1. The number of carboxylic acid groups (broad SMARTS) is 1. The van der Waals surface area contributed by atoms with Crippen molar-refractivity contribution >= 4 is 23.2 Å². The Balaban J connectivity index is 1.99. The second-order valence-electron chi connectivity index (χ2n) is 4.75. The van der Waals surface area contributed by atoms with E-state index in [4.69, 9.17) is 9.84 Å². The number of carbonyl (C=O) groups is 2. The minimum atomic E-state index is -0.963. The summed E-state index contributed by atoms with van der Waals surface area (Å²) in [7, 11) is 0. The molecule has 0 radical (unpaired) electrons. The zero-order valence-electron chi connectivity index (χ0n) is 12.1. The van der Waals surface area contributed by atoms with E-state index in [9.17, 15) is 9.59 Å². The Morgan fingerprint density at radius 2 is 1.95 bits per heavy atom. The van der Waals surface area contributed by atoms with Crippen LogP contribution in [0.5, 0.6) is 5.75 Å². The fourth-order valence-electron chi connectivity index (χ4n) is 1.93. The van der Waals surface area contributed by atoms with Crippen molar-refractivity contribution in [1.82, 2.24) is 5.32 Å². The first-order chi connectivity index (χ1) is 10.6. The van der Waals surface area contributed by atoms with Crippen molar-refractivity contribution in [3.05, 3.63) is 52.7 Å². The maximum absolute atomic E-state index is 12.2. The number of hydrogen-bond acceptors (Lipinski definition) is 4. The molecule has 2 aromatic rings. The highest BCUT2D eigenvalue weighted by Gasteiger charge is 2.23. The van der Waals surface area contributed by atoms with Gasteiger partial charge in [-0.05, 0) is 30.5 Å². The van der Waals surface area contributed by atoms with Crippen LogP contribution < -0.4 is 10.1 Å². The standard InChI is InChI=1S/C16H17NO4S/c1-11(21-12-6-3-2-4-7-12)16(20)17-13(10-15(18)19)14-8-5-9-22-14/h2-9,11,13H,10H2,1H3,(H,17,20)(H,18,19)/t11-,13-/m1/s1. The average Bonchev–Trinajstić information content (AvgIpc) is 3.01. The van der Waals surface area contributed by atoms with E-state index in [0.717, 1.165) is 4.88 Å². The van der Waals surface area contributed by atoms with Crippen molar-refractivity contribution in [3.63, 3.8) is 0 Å². The van der Waals surface area contributed by atoms with Crippen molar-refractivity contribution < 1.29 is 19.4 Å². The molecule has 0 bridgehead atoms. The largest absolute Gasteiger partial charge is 0.481 e. The zero-order valence-corrected chi connectivity index (χ0v) is 12.9. The Labute approximate surface area is 132 Å². The van der Waals surface area contributed by atoms with Gasteiger partial charge in [0.2, 0.25) is 0 Å². The molecular formula is C16H17NO4S. The number of ether oxygens (including phenoxy) is 1. The predicted octanol–water partition coefficient (Wildman–Crippen LogP) is 2.85. The number of aliphatic carboxylic acids is 1. The topological polar surface area (TPSA) is 75.6 Å². The van der Waals surface area contributed by atoms with E-state index in [1.165, 1.54) is 11.3 Å². The highest BCUT2D eigenvalue weighted by atomic mass is 32.1. The summed E-state index contributed by atoms with van der Waals surface area (Å²) in [5.41, 5.74) is 0. The molecule has 1 aromatic carbocycles. The van der Waals surface area contributed by atoms with Crippen LogP contribution in [-0.2, 0) is 9.59 Å². The minimum absolute atomic E-state index is 0.162. The Hall–Kier alpha value is -2.34. The summed E-state index contributed by atoms with van der Waals surface area (Å²) >= 11 is 1.41. The molecule has 6 heteroatoms. The monoisotopic (exact) mass is 319 g/mol. The van der Waals surface area contributed by atoms with Gasteiger partial charge in [0.05, 0.1) is 12.5 Å². The normalized spacial score (nSPS) is 13.1. The van der Waals surface area contributed by atoms with E-state index in [0.29, 0.717) is 5.75 Å². The Bertz CT molecular complexity index is 612. The van der Waals surface area contributed by atoms with Crippen molar-refractivity contribution in [1.29, 1.82) is 0 Å². The number of thiophene rings is 1. The lowest BCUT2D eigenvalue weighted by Crippen LogP contribution is -2.39. The average molecular weight is 319 g/mol. The molecule has 5 nitrogen and oxygen atoms in total. The van der Waals surface area contributed by atoms with Crippen LogP contribution in [0.3, 0.4) is 0 Å². The molecule has 0 aliphatic rings. The highest BCUT2D eigenvalue weighted by Crippen LogP contribution is 2.22. The van der Waals surface area contributed by atoms with Crippen LogP contribution in [0.1, 0.15) is 24.3 Å². The van der Waals surface area contributed by atoms with E-state index >= 15 is 0 Å². The van der Waals surface area contributed by atoms with Crippen molar-refractivity contribution in [2.75, 3.05) is 0 Å². The molecule has 0 aliphatic heterocycles. The highest BCUT2D eigenvalue weighted by molar-refractivity contribution is 7.10. The maximum Gasteiger partial charge on any atom is 0.305 e. The van der Waals surface area contributed by atoms with E-state index < -0.39 is 18.1 Å². The Kier molecular flexibility index (Phi) is 5.55. The molecule has 0 spiro atoms. The van der Waals surface area contributed by atoms with Gasteiger partial charge in [0.15, 0.2) is 6.10 Å². The van der Waals surface area contributed by atoms with Crippen LogP contribution in [0, 0.1) is 0 Å². The van der Waals surface area contributed by atoms with Gasteiger partial charge in [0.1, 0.15) is 5.75 Å². The van der Waals surface area contributed by atoms with E-state index in [2.05, 4.69) is 5.32 Å². The third-order valence-corrected chi connectivity index (χ3v) is 3.99. The molecule has 0 saturated carbocycles. The second-order valence-corrected chi connectivity index (χ2v) is 5.73. The molecule has 0 aliphatic carbocycles. The third kappa shape index (κ3) is 4.60. The fraction of sp³-hybridized carbons (Fsp3) is 0.250. The van der Waals surface area contributed by atoms with Crippen molar-refractivity contribution in [3.8, 4) is 5.75 Å². The van der Waals surface area contributed by atoms with E-state index in [1.807, 2.05) is 29.6 Å². The quantitative estimate of drug-likeness (QED) is 0.823. The van der Waals surface area contributed by atoms with Crippen LogP contribution in [0.4, 0.5) is 0 Å². The summed E-state index contributed by atoms with van der Waals surface area (Å²) < 4.78 is 5.54. The predicted molar refractivity (Wildman–Crippen MR) is 84.0 cm³/mol. The third-order valence-electron chi connectivity index (χ3n) is 3.01. The summed E-state index contributed by atoms with van der Waals surface area (Å²) in [6.45, 7) is 1.63. The first kappa shape index (κ1) is 16.0. The molecule has 1 amide bonds. The number of nitrogens with one attached hydrogen (secondary N) is 1. The summed E-state index contributed by atoms with van der Waals surface area (Å²) in [6.07, 6.45) is -0.872. The number of hydrogen-bond donors (Lipinski definition) is 2. The number of rotatable bonds is 7. The van der Waals surface area contributed by atoms with Crippen molar-refractivity contribution in [2.45, 2.75) is 25.5 Å². The smallest absolute Gasteiger partial charge is 0.305 e. The van der Waals surface area contributed by atoms with E-state index in [-0.39, 0.29) is 12.3 Å². The van der Waals surface area contributed by atoms with Crippen LogP contribution in [0.15, 0.2) is 47.8 Å². The Morgan fingerprint density at radius 3 is 2.55 bits per heavy atom. The van der Waals surface area contributed by atoms with Gasteiger partial charge in [-0.1, -0.05) is 24.3 Å².